The van der Waals surface area contributed by atoms with Crippen molar-refractivity contribution in [1.29, 1.82) is 0 Å². The van der Waals surface area contributed by atoms with E-state index in [1.54, 1.807) is 0 Å². The maximum Gasteiger partial charge on any atom is 0.335 e. The minimum Gasteiger partial charge on any atom is -0.479 e. The molecule has 0 amide bonds. The van der Waals surface area contributed by atoms with Crippen molar-refractivity contribution >= 4 is 5.97 Å². The largest absolute Gasteiger partial charge is 0.479 e. The van der Waals surface area contributed by atoms with Gasteiger partial charge in [-0.05, 0) is 32.1 Å². The van der Waals surface area contributed by atoms with Crippen LogP contribution in [-0.4, -0.2) is 52.9 Å². The third-order valence-electron chi connectivity index (χ3n) is 5.01. The lowest BCUT2D eigenvalue weighted by atomic mass is 9.92. The summed E-state index contributed by atoms with van der Waals surface area (Å²) in [4.78, 5) is 11.5. The van der Waals surface area contributed by atoms with E-state index in [1.807, 2.05) is 6.92 Å². The van der Waals surface area contributed by atoms with Crippen molar-refractivity contribution in [3.05, 3.63) is 0 Å². The smallest absolute Gasteiger partial charge is 0.335 e. The molecule has 0 radical (unpaired) electrons. The van der Waals surface area contributed by atoms with Crippen molar-refractivity contribution in [2.45, 2.75) is 90.6 Å². The highest BCUT2D eigenvalue weighted by atomic mass is 16.4. The van der Waals surface area contributed by atoms with Crippen LogP contribution in [0.2, 0.25) is 0 Å². The number of unbranched alkanes of at least 4 members (excludes halogenated alkanes) is 5. The predicted octanol–water partition coefficient (Wildman–Crippen LogP) is 4.21. The first kappa shape index (κ1) is 22.4. The van der Waals surface area contributed by atoms with Crippen molar-refractivity contribution in [3.8, 4) is 0 Å². The lowest BCUT2D eigenvalue weighted by Crippen LogP contribution is -2.50. The third-order valence-corrected chi connectivity index (χ3v) is 5.01. The average molecular weight is 331 g/mol. The van der Waals surface area contributed by atoms with Crippen molar-refractivity contribution in [1.82, 2.24) is 0 Å². The summed E-state index contributed by atoms with van der Waals surface area (Å²) in [6, 6.07) is 0. The molecule has 138 valence electrons. The molecule has 0 spiro atoms. The highest BCUT2D eigenvalue weighted by molar-refractivity contribution is 5.76. The molecule has 0 aromatic carbocycles. The van der Waals surface area contributed by atoms with Gasteiger partial charge < -0.3 is 14.7 Å². The van der Waals surface area contributed by atoms with Crippen LogP contribution in [0.3, 0.4) is 0 Å². The molecule has 0 saturated heterocycles. The molecule has 0 aromatic rings. The van der Waals surface area contributed by atoms with Crippen molar-refractivity contribution in [2.24, 2.45) is 0 Å². The summed E-state index contributed by atoms with van der Waals surface area (Å²) in [5, 5.41) is 19.9. The minimum atomic E-state index is -1.55. The molecule has 1 atom stereocenters. The highest BCUT2D eigenvalue weighted by Gasteiger charge is 2.37. The van der Waals surface area contributed by atoms with E-state index in [9.17, 15) is 15.0 Å². The summed E-state index contributed by atoms with van der Waals surface area (Å²) in [6.45, 7) is 9.35. The van der Waals surface area contributed by atoms with Crippen LogP contribution in [-0.2, 0) is 4.79 Å². The van der Waals surface area contributed by atoms with Gasteiger partial charge in [0, 0.05) is 6.42 Å². The highest BCUT2D eigenvalue weighted by Crippen LogP contribution is 2.22. The first-order chi connectivity index (χ1) is 10.8. The van der Waals surface area contributed by atoms with Gasteiger partial charge in [-0.3, -0.25) is 0 Å². The number of hydrogen-bond acceptors (Lipinski definition) is 2. The molecule has 0 saturated carbocycles. The molecule has 0 aliphatic carbocycles. The number of nitrogens with zero attached hydrogens (tertiary/aromatic N) is 1. The molecule has 0 heterocycles. The Hall–Kier alpha value is -0.610. The quantitative estimate of drug-likeness (QED) is 0.349. The standard InChI is InChI=1S/C19H39NO3/c1-5-8-11-15-20(4,16-12-9-6-2)17-14-19(23,18(21)22)13-10-7-3/h23H,5-17H2,1-4H3/p+1. The van der Waals surface area contributed by atoms with E-state index in [-0.39, 0.29) is 0 Å². The second-order valence-electron chi connectivity index (χ2n) is 7.39. The van der Waals surface area contributed by atoms with Gasteiger partial charge in [0.2, 0.25) is 0 Å². The lowest BCUT2D eigenvalue weighted by molar-refractivity contribution is -0.910. The van der Waals surface area contributed by atoms with Crippen LogP contribution in [0, 0.1) is 0 Å². The van der Waals surface area contributed by atoms with Gasteiger partial charge in [0.05, 0.1) is 26.7 Å². The van der Waals surface area contributed by atoms with Gasteiger partial charge in [0.15, 0.2) is 5.60 Å². The molecule has 1 unspecified atom stereocenters. The lowest BCUT2D eigenvalue weighted by Gasteiger charge is -2.37. The number of rotatable bonds is 15. The Labute approximate surface area is 143 Å². The van der Waals surface area contributed by atoms with E-state index < -0.39 is 11.6 Å². The molecule has 4 nitrogen and oxygen atoms in total. The van der Waals surface area contributed by atoms with E-state index in [0.717, 1.165) is 37.0 Å². The zero-order valence-electron chi connectivity index (χ0n) is 15.9. The molecule has 0 aliphatic heterocycles. The van der Waals surface area contributed by atoms with E-state index in [4.69, 9.17) is 0 Å². The van der Waals surface area contributed by atoms with Gasteiger partial charge in [-0.25, -0.2) is 4.79 Å². The Bertz CT molecular complexity index is 310. The van der Waals surface area contributed by atoms with Gasteiger partial charge in [-0.15, -0.1) is 0 Å². The molecule has 4 heteroatoms. The number of aliphatic hydroxyl groups is 1. The summed E-state index contributed by atoms with van der Waals surface area (Å²) in [7, 11) is 2.23. The zero-order valence-corrected chi connectivity index (χ0v) is 15.9. The number of quaternary nitrogens is 1. The van der Waals surface area contributed by atoms with Crippen molar-refractivity contribution in [3.63, 3.8) is 0 Å². The summed E-state index contributed by atoms with van der Waals surface area (Å²) in [5.74, 6) is -1.06. The maximum atomic E-state index is 11.5. The van der Waals surface area contributed by atoms with Crippen LogP contribution in [0.25, 0.3) is 0 Å². The van der Waals surface area contributed by atoms with E-state index >= 15 is 0 Å². The number of carbonyl (C=O) groups is 1. The van der Waals surface area contributed by atoms with Crippen LogP contribution < -0.4 is 0 Å². The van der Waals surface area contributed by atoms with E-state index in [1.165, 1.54) is 38.5 Å². The number of aliphatic carboxylic acids is 1. The maximum absolute atomic E-state index is 11.5. The van der Waals surface area contributed by atoms with Gasteiger partial charge in [-0.1, -0.05) is 46.5 Å². The zero-order chi connectivity index (χ0) is 17.8. The monoisotopic (exact) mass is 330 g/mol. The molecule has 0 rings (SSSR count). The molecule has 0 fully saturated rings. The molecule has 23 heavy (non-hydrogen) atoms. The topological polar surface area (TPSA) is 57.5 Å². The Morgan fingerprint density at radius 1 is 0.826 bits per heavy atom. The fourth-order valence-corrected chi connectivity index (χ4v) is 3.09. The summed E-state index contributed by atoms with van der Waals surface area (Å²) in [6.07, 6.45) is 9.60. The first-order valence-corrected chi connectivity index (χ1v) is 9.63. The first-order valence-electron chi connectivity index (χ1n) is 9.63. The van der Waals surface area contributed by atoms with Crippen LogP contribution in [0.1, 0.15) is 85.0 Å². The molecule has 0 aromatic heterocycles. The number of carboxylic acids is 1. The summed E-state index contributed by atoms with van der Waals surface area (Å²) >= 11 is 0. The van der Waals surface area contributed by atoms with Gasteiger partial charge in [-0.2, -0.15) is 0 Å². The molecular weight excluding hydrogens is 290 g/mol. The second kappa shape index (κ2) is 11.9. The molecule has 2 N–H and O–H groups in total. The SMILES string of the molecule is CCCCC[N+](C)(CCCCC)CCC(O)(CCCC)C(=O)O. The predicted molar refractivity (Wildman–Crippen MR) is 96.6 cm³/mol. The van der Waals surface area contributed by atoms with Crippen molar-refractivity contribution in [2.75, 3.05) is 26.7 Å². The number of carboxylic acid groups (broad SMARTS) is 1. The van der Waals surface area contributed by atoms with E-state index in [2.05, 4.69) is 20.9 Å². The van der Waals surface area contributed by atoms with Crippen molar-refractivity contribution < 1.29 is 19.5 Å². The van der Waals surface area contributed by atoms with Crippen LogP contribution in [0.4, 0.5) is 0 Å². The average Bonchev–Trinajstić information content (AvgIpc) is 2.51. The second-order valence-corrected chi connectivity index (χ2v) is 7.39. The molecular formula is C19H40NO3+. The Kier molecular flexibility index (Phi) is 11.5. The molecule has 0 bridgehead atoms. The summed E-state index contributed by atoms with van der Waals surface area (Å²) in [5.41, 5.74) is -1.55. The fraction of sp³-hybridized carbons (Fsp3) is 0.947. The minimum absolute atomic E-state index is 0.358. The van der Waals surface area contributed by atoms with E-state index in [0.29, 0.717) is 12.8 Å². The van der Waals surface area contributed by atoms with Crippen LogP contribution in [0.5, 0.6) is 0 Å². The third kappa shape index (κ3) is 9.31. The van der Waals surface area contributed by atoms with Gasteiger partial charge >= 0.3 is 5.97 Å². The Morgan fingerprint density at radius 2 is 1.30 bits per heavy atom. The Balaban J connectivity index is 4.72. The number of hydrogen-bond donors (Lipinski definition) is 2. The van der Waals surface area contributed by atoms with Crippen LogP contribution in [0.15, 0.2) is 0 Å². The van der Waals surface area contributed by atoms with Gasteiger partial charge in [0.25, 0.3) is 0 Å². The normalized spacial score (nSPS) is 14.7. The summed E-state index contributed by atoms with van der Waals surface area (Å²) < 4.78 is 0.891. The Morgan fingerprint density at radius 3 is 1.70 bits per heavy atom. The van der Waals surface area contributed by atoms with Gasteiger partial charge in [0.1, 0.15) is 0 Å². The molecule has 0 aliphatic rings. The van der Waals surface area contributed by atoms with Crippen LogP contribution >= 0.6 is 0 Å². The fourth-order valence-electron chi connectivity index (χ4n) is 3.09.